The molecule has 2 heterocycles. The number of benzene rings is 1. The van der Waals surface area contributed by atoms with Gasteiger partial charge in [0.25, 0.3) is 5.91 Å². The van der Waals surface area contributed by atoms with Crippen LogP contribution < -0.4 is 11.1 Å². The van der Waals surface area contributed by atoms with Crippen LogP contribution in [0.2, 0.25) is 0 Å². The summed E-state index contributed by atoms with van der Waals surface area (Å²) in [5, 5.41) is 13.2. The summed E-state index contributed by atoms with van der Waals surface area (Å²) in [5.41, 5.74) is 7.78. The standard InChI is InChI=1S/C22H21F2N5O2/c1-11-26-20(25)18-16(10-29(2)21(18)27-11)15-7-6-14(9-17(15)24)28-22(31)19(30)12-4-3-5-13(23)8-12/h4,6-10,19,30H,3,5H2,1-2H3,(H,28,31)(H2,25,26,27). The SMILES string of the molecule is Cc1nc(N)c2c(-c3ccc(NC(=O)C(O)C4=CCCC(F)=C4)cc3F)cn(C)c2n1. The number of aryl methyl sites for hydroxylation is 2. The third-order valence-electron chi connectivity index (χ3n) is 5.13. The van der Waals surface area contributed by atoms with Crippen molar-refractivity contribution in [2.45, 2.75) is 25.9 Å². The maximum absolute atomic E-state index is 15.0. The van der Waals surface area contributed by atoms with Gasteiger partial charge < -0.3 is 20.7 Å². The largest absolute Gasteiger partial charge is 0.383 e. The van der Waals surface area contributed by atoms with Crippen LogP contribution in [0.15, 0.2) is 47.9 Å². The molecule has 1 amide bonds. The number of carbonyl (C=O) groups is 1. The third-order valence-corrected chi connectivity index (χ3v) is 5.13. The van der Waals surface area contributed by atoms with Crippen LogP contribution in [0, 0.1) is 12.7 Å². The molecular weight excluding hydrogens is 404 g/mol. The number of nitrogens with zero attached hydrogens (tertiary/aromatic N) is 3. The molecule has 0 aliphatic heterocycles. The maximum Gasteiger partial charge on any atom is 0.257 e. The number of carbonyl (C=O) groups excluding carboxylic acids is 1. The molecule has 0 saturated carbocycles. The molecule has 1 aliphatic carbocycles. The highest BCUT2D eigenvalue weighted by atomic mass is 19.1. The number of allylic oxidation sites excluding steroid dienone is 2. The van der Waals surface area contributed by atoms with Gasteiger partial charge in [0.2, 0.25) is 0 Å². The van der Waals surface area contributed by atoms with Crippen molar-refractivity contribution in [3.63, 3.8) is 0 Å². The van der Waals surface area contributed by atoms with Gasteiger partial charge in [-0.15, -0.1) is 0 Å². The van der Waals surface area contributed by atoms with Gasteiger partial charge in [0.05, 0.1) is 5.39 Å². The van der Waals surface area contributed by atoms with Crippen molar-refractivity contribution in [3.8, 4) is 11.1 Å². The van der Waals surface area contributed by atoms with Crippen molar-refractivity contribution in [1.29, 1.82) is 0 Å². The molecule has 0 bridgehead atoms. The van der Waals surface area contributed by atoms with Crippen LogP contribution in [0.3, 0.4) is 0 Å². The number of halogens is 2. The van der Waals surface area contributed by atoms with Gasteiger partial charge in [-0.3, -0.25) is 4.79 Å². The van der Waals surface area contributed by atoms with Crippen LogP contribution in [0.1, 0.15) is 18.7 Å². The minimum absolute atomic E-state index is 0.159. The summed E-state index contributed by atoms with van der Waals surface area (Å²) in [6, 6.07) is 4.17. The molecule has 1 atom stereocenters. The van der Waals surface area contributed by atoms with Crippen molar-refractivity contribution in [1.82, 2.24) is 14.5 Å². The number of fused-ring (bicyclic) bond motifs is 1. The van der Waals surface area contributed by atoms with Gasteiger partial charge in [-0.25, -0.2) is 18.7 Å². The second-order valence-electron chi connectivity index (χ2n) is 7.43. The summed E-state index contributed by atoms with van der Waals surface area (Å²) < 4.78 is 30.1. The number of aliphatic hydroxyl groups excluding tert-OH is 1. The predicted molar refractivity (Wildman–Crippen MR) is 114 cm³/mol. The predicted octanol–water partition coefficient (Wildman–Crippen LogP) is 3.54. The Kier molecular flexibility index (Phi) is 5.28. The Balaban J connectivity index is 1.62. The first-order chi connectivity index (χ1) is 14.7. The zero-order valence-corrected chi connectivity index (χ0v) is 17.0. The van der Waals surface area contributed by atoms with Crippen LogP contribution in [0.4, 0.5) is 20.3 Å². The first-order valence-corrected chi connectivity index (χ1v) is 9.68. The molecule has 4 N–H and O–H groups in total. The van der Waals surface area contributed by atoms with Gasteiger partial charge >= 0.3 is 0 Å². The molecule has 0 radical (unpaired) electrons. The van der Waals surface area contributed by atoms with Crippen molar-refractivity contribution in [2.24, 2.45) is 7.05 Å². The Labute approximate surface area is 176 Å². The number of amides is 1. The highest BCUT2D eigenvalue weighted by Gasteiger charge is 2.22. The molecule has 0 fully saturated rings. The first-order valence-electron chi connectivity index (χ1n) is 9.68. The lowest BCUT2D eigenvalue weighted by atomic mass is 10.0. The lowest BCUT2D eigenvalue weighted by Gasteiger charge is -2.15. The first kappa shape index (κ1) is 20.7. The van der Waals surface area contributed by atoms with Crippen molar-refractivity contribution in [2.75, 3.05) is 11.1 Å². The molecule has 31 heavy (non-hydrogen) atoms. The van der Waals surface area contributed by atoms with E-state index < -0.39 is 23.7 Å². The molecule has 160 valence electrons. The number of aliphatic hydroxyl groups is 1. The lowest BCUT2D eigenvalue weighted by molar-refractivity contribution is -0.122. The van der Waals surface area contributed by atoms with E-state index in [1.54, 1.807) is 30.8 Å². The quantitative estimate of drug-likeness (QED) is 0.593. The lowest BCUT2D eigenvalue weighted by Crippen LogP contribution is -2.29. The van der Waals surface area contributed by atoms with Gasteiger partial charge in [0.15, 0.2) is 6.10 Å². The average molecular weight is 425 g/mol. The molecule has 9 heteroatoms. The van der Waals surface area contributed by atoms with Crippen molar-refractivity contribution in [3.05, 3.63) is 59.6 Å². The van der Waals surface area contributed by atoms with Crippen LogP contribution >= 0.6 is 0 Å². The highest BCUT2D eigenvalue weighted by molar-refractivity contribution is 6.01. The fraction of sp³-hybridized carbons (Fsp3) is 0.227. The number of rotatable bonds is 4. The van der Waals surface area contributed by atoms with Crippen LogP contribution in [-0.4, -0.2) is 31.7 Å². The van der Waals surface area contributed by atoms with Gasteiger partial charge in [-0.05, 0) is 43.2 Å². The smallest absolute Gasteiger partial charge is 0.257 e. The zero-order chi connectivity index (χ0) is 22.3. The number of aromatic nitrogens is 3. The molecule has 1 aromatic carbocycles. The number of hydrogen-bond donors (Lipinski definition) is 3. The highest BCUT2D eigenvalue weighted by Crippen LogP contribution is 2.35. The fourth-order valence-corrected chi connectivity index (χ4v) is 3.67. The summed E-state index contributed by atoms with van der Waals surface area (Å²) in [6.45, 7) is 1.72. The second-order valence-corrected chi connectivity index (χ2v) is 7.43. The second kappa shape index (κ2) is 7.92. The molecule has 4 rings (SSSR count). The number of nitrogens with two attached hydrogens (primary N) is 1. The van der Waals surface area contributed by atoms with E-state index in [0.717, 1.165) is 12.1 Å². The van der Waals surface area contributed by atoms with Crippen LogP contribution in [0.5, 0.6) is 0 Å². The number of nitrogens with one attached hydrogen (secondary N) is 1. The average Bonchev–Trinajstić information content (AvgIpc) is 3.04. The Hall–Kier alpha value is -3.59. The summed E-state index contributed by atoms with van der Waals surface area (Å²) in [4.78, 5) is 20.9. The minimum Gasteiger partial charge on any atom is -0.383 e. The van der Waals surface area contributed by atoms with Gasteiger partial charge in [0, 0.05) is 36.5 Å². The van der Waals surface area contributed by atoms with E-state index in [4.69, 9.17) is 5.73 Å². The molecule has 0 spiro atoms. The third kappa shape index (κ3) is 3.91. The van der Waals surface area contributed by atoms with Crippen LogP contribution in [-0.2, 0) is 11.8 Å². The summed E-state index contributed by atoms with van der Waals surface area (Å²) >= 11 is 0. The molecule has 1 aliphatic rings. The Morgan fingerprint density at radius 1 is 1.29 bits per heavy atom. The fourth-order valence-electron chi connectivity index (χ4n) is 3.67. The van der Waals surface area contributed by atoms with Crippen molar-refractivity contribution < 1.29 is 18.7 Å². The number of nitrogen functional groups attached to an aromatic ring is 1. The monoisotopic (exact) mass is 425 g/mol. The molecule has 1 unspecified atom stereocenters. The normalized spacial score (nSPS) is 14.9. The number of anilines is 2. The zero-order valence-electron chi connectivity index (χ0n) is 17.0. The Morgan fingerprint density at radius 3 is 2.77 bits per heavy atom. The summed E-state index contributed by atoms with van der Waals surface area (Å²) in [6.07, 6.45) is 3.56. The maximum atomic E-state index is 15.0. The Bertz CT molecular complexity index is 1260. The van der Waals surface area contributed by atoms with E-state index in [0.29, 0.717) is 28.8 Å². The molecule has 3 aromatic rings. The molecular formula is C22H21F2N5O2. The Morgan fingerprint density at radius 2 is 2.06 bits per heavy atom. The molecule has 0 saturated heterocycles. The summed E-state index contributed by atoms with van der Waals surface area (Å²) in [5.74, 6) is -1.00. The van der Waals surface area contributed by atoms with E-state index in [1.165, 1.54) is 12.1 Å². The van der Waals surface area contributed by atoms with Gasteiger partial charge in [0.1, 0.15) is 28.9 Å². The van der Waals surface area contributed by atoms with Crippen LogP contribution in [0.25, 0.3) is 22.2 Å². The van der Waals surface area contributed by atoms with Crippen molar-refractivity contribution >= 4 is 28.4 Å². The van der Waals surface area contributed by atoms with E-state index >= 15 is 0 Å². The van der Waals surface area contributed by atoms with E-state index in [1.807, 2.05) is 0 Å². The molecule has 2 aromatic heterocycles. The number of hydrogen-bond acceptors (Lipinski definition) is 5. The molecule has 7 nitrogen and oxygen atoms in total. The summed E-state index contributed by atoms with van der Waals surface area (Å²) in [7, 11) is 1.78. The van der Waals surface area contributed by atoms with Gasteiger partial charge in [-0.2, -0.15) is 0 Å². The van der Waals surface area contributed by atoms with Gasteiger partial charge in [-0.1, -0.05) is 6.08 Å². The topological polar surface area (TPSA) is 106 Å². The van der Waals surface area contributed by atoms with E-state index in [2.05, 4.69) is 15.3 Å². The minimum atomic E-state index is -1.55. The van der Waals surface area contributed by atoms with E-state index in [-0.39, 0.29) is 29.1 Å². The van der Waals surface area contributed by atoms with E-state index in [9.17, 15) is 18.7 Å².